The second-order valence-electron chi connectivity index (χ2n) is 7.03. The third-order valence-electron chi connectivity index (χ3n) is 4.73. The highest BCUT2D eigenvalue weighted by atomic mass is 79.9. The highest BCUT2D eigenvalue weighted by molar-refractivity contribution is 9.10. The number of hydrogen-bond donors (Lipinski definition) is 1. The second-order valence-corrected chi connectivity index (χ2v) is 8.94. The Balaban J connectivity index is 2.05. The first-order valence-electron chi connectivity index (χ1n) is 9.86. The van der Waals surface area contributed by atoms with Gasteiger partial charge in [-0.1, -0.05) is 59.3 Å². The third kappa shape index (κ3) is 7.52. The predicted octanol–water partition coefficient (Wildman–Crippen LogP) is 4.93. The van der Waals surface area contributed by atoms with E-state index in [4.69, 9.17) is 0 Å². The Morgan fingerprint density at radius 3 is 2.48 bits per heavy atom. The molecule has 0 saturated heterocycles. The molecule has 0 aliphatic carbocycles. The Morgan fingerprint density at radius 1 is 1.14 bits per heavy atom. The molecule has 2 aromatic rings. The first-order chi connectivity index (χ1) is 13.9. The van der Waals surface area contributed by atoms with Gasteiger partial charge in [0.05, 0.1) is 5.75 Å². The molecule has 1 unspecified atom stereocenters. The van der Waals surface area contributed by atoms with Crippen LogP contribution < -0.4 is 5.32 Å². The van der Waals surface area contributed by atoms with Crippen LogP contribution in [0.3, 0.4) is 0 Å². The van der Waals surface area contributed by atoms with Crippen LogP contribution >= 0.6 is 27.7 Å². The number of carbonyl (C=O) groups excluding carboxylic acids is 2. The van der Waals surface area contributed by atoms with Crippen LogP contribution in [0.2, 0.25) is 0 Å². The van der Waals surface area contributed by atoms with Gasteiger partial charge in [0, 0.05) is 23.3 Å². The van der Waals surface area contributed by atoms with E-state index in [1.54, 1.807) is 23.6 Å². The summed E-state index contributed by atoms with van der Waals surface area (Å²) < 4.78 is 0.988. The Kier molecular flexibility index (Phi) is 9.74. The maximum atomic E-state index is 13.0. The van der Waals surface area contributed by atoms with Gasteiger partial charge in [-0.05, 0) is 49.1 Å². The van der Waals surface area contributed by atoms with Crippen molar-refractivity contribution in [2.45, 2.75) is 45.5 Å². The van der Waals surface area contributed by atoms with E-state index in [1.165, 1.54) is 11.1 Å². The molecule has 0 aromatic heterocycles. The summed E-state index contributed by atoms with van der Waals surface area (Å²) in [6.07, 6.45) is 0.866. The van der Waals surface area contributed by atoms with Crippen LogP contribution in [0.1, 0.15) is 37.0 Å². The molecule has 0 fully saturated rings. The molecule has 0 saturated carbocycles. The molecule has 0 aliphatic rings. The molecule has 0 bridgehead atoms. The molecule has 4 nitrogen and oxygen atoms in total. The molecule has 0 aliphatic heterocycles. The number of aryl methyl sites for hydroxylation is 1. The van der Waals surface area contributed by atoms with Gasteiger partial charge in [0.1, 0.15) is 6.04 Å². The average Bonchev–Trinajstić information content (AvgIpc) is 2.72. The van der Waals surface area contributed by atoms with Gasteiger partial charge in [-0.25, -0.2) is 0 Å². The number of thioether (sulfide) groups is 1. The molecule has 29 heavy (non-hydrogen) atoms. The van der Waals surface area contributed by atoms with E-state index in [1.807, 2.05) is 43.3 Å². The van der Waals surface area contributed by atoms with Crippen LogP contribution in [0.15, 0.2) is 53.0 Å². The summed E-state index contributed by atoms with van der Waals surface area (Å²) in [4.78, 5) is 27.2. The standard InChI is InChI=1S/C23H29BrN2O2S/c1-4-13-25-23(28)18(3)26(14-19-9-11-21(24)12-10-19)22(27)16-29-15-20-8-6-5-7-17(20)2/h5-12,18H,4,13-16H2,1-3H3,(H,25,28). The summed E-state index contributed by atoms with van der Waals surface area (Å²) >= 11 is 5.02. The van der Waals surface area contributed by atoms with Crippen LogP contribution in [0.25, 0.3) is 0 Å². The first-order valence-corrected chi connectivity index (χ1v) is 11.8. The van der Waals surface area contributed by atoms with E-state index in [2.05, 4.69) is 40.3 Å². The lowest BCUT2D eigenvalue weighted by Gasteiger charge is -2.28. The minimum atomic E-state index is -0.517. The monoisotopic (exact) mass is 476 g/mol. The zero-order valence-electron chi connectivity index (χ0n) is 17.3. The number of carbonyl (C=O) groups is 2. The molecule has 156 valence electrons. The molecule has 2 aromatic carbocycles. The predicted molar refractivity (Wildman–Crippen MR) is 125 cm³/mol. The SMILES string of the molecule is CCCNC(=O)C(C)N(Cc1ccc(Br)cc1)C(=O)CSCc1ccccc1C. The Bertz CT molecular complexity index is 811. The number of nitrogens with zero attached hydrogens (tertiary/aromatic N) is 1. The number of rotatable bonds is 10. The van der Waals surface area contributed by atoms with Crippen LogP contribution in [-0.4, -0.2) is 35.1 Å². The summed E-state index contributed by atoms with van der Waals surface area (Å²) in [5, 5.41) is 2.90. The number of benzene rings is 2. The van der Waals surface area contributed by atoms with Crippen molar-refractivity contribution in [2.75, 3.05) is 12.3 Å². The molecule has 2 rings (SSSR count). The molecule has 1 atom stereocenters. The fourth-order valence-electron chi connectivity index (χ4n) is 2.87. The van der Waals surface area contributed by atoms with Crippen molar-refractivity contribution >= 4 is 39.5 Å². The third-order valence-corrected chi connectivity index (χ3v) is 6.22. The fourth-order valence-corrected chi connectivity index (χ4v) is 4.12. The Morgan fingerprint density at radius 2 is 1.83 bits per heavy atom. The smallest absolute Gasteiger partial charge is 0.242 e. The van der Waals surface area contributed by atoms with Gasteiger partial charge in [0.2, 0.25) is 11.8 Å². The van der Waals surface area contributed by atoms with E-state index < -0.39 is 6.04 Å². The summed E-state index contributed by atoms with van der Waals surface area (Å²) in [5.41, 5.74) is 3.46. The molecule has 0 spiro atoms. The number of amides is 2. The topological polar surface area (TPSA) is 49.4 Å². The maximum absolute atomic E-state index is 13.0. The van der Waals surface area contributed by atoms with Crippen molar-refractivity contribution in [3.05, 3.63) is 69.7 Å². The normalized spacial score (nSPS) is 11.7. The summed E-state index contributed by atoms with van der Waals surface area (Å²) in [6.45, 7) is 6.92. The lowest BCUT2D eigenvalue weighted by atomic mass is 10.1. The van der Waals surface area contributed by atoms with Gasteiger partial charge in [0.25, 0.3) is 0 Å². The van der Waals surface area contributed by atoms with Crippen molar-refractivity contribution in [3.8, 4) is 0 Å². The Hall–Kier alpha value is -1.79. The minimum Gasteiger partial charge on any atom is -0.354 e. The molecule has 1 N–H and O–H groups in total. The molecular formula is C23H29BrN2O2S. The zero-order chi connectivity index (χ0) is 21.2. The van der Waals surface area contributed by atoms with Crippen LogP contribution in [0, 0.1) is 6.92 Å². The minimum absolute atomic E-state index is 0.0225. The van der Waals surface area contributed by atoms with Gasteiger partial charge >= 0.3 is 0 Å². The Labute approximate surface area is 186 Å². The second kappa shape index (κ2) is 12.0. The molecule has 0 heterocycles. The molecule has 6 heteroatoms. The van der Waals surface area contributed by atoms with Crippen molar-refractivity contribution in [1.82, 2.24) is 10.2 Å². The van der Waals surface area contributed by atoms with Gasteiger partial charge < -0.3 is 10.2 Å². The average molecular weight is 477 g/mol. The lowest BCUT2D eigenvalue weighted by molar-refractivity contribution is -0.138. The quantitative estimate of drug-likeness (QED) is 0.528. The lowest BCUT2D eigenvalue weighted by Crippen LogP contribution is -2.48. The van der Waals surface area contributed by atoms with Crippen LogP contribution in [0.5, 0.6) is 0 Å². The van der Waals surface area contributed by atoms with Crippen molar-refractivity contribution in [3.63, 3.8) is 0 Å². The fraction of sp³-hybridized carbons (Fsp3) is 0.391. The highest BCUT2D eigenvalue weighted by Crippen LogP contribution is 2.19. The summed E-state index contributed by atoms with van der Waals surface area (Å²) in [5.74, 6) is 0.990. The largest absolute Gasteiger partial charge is 0.354 e. The molecule has 0 radical (unpaired) electrons. The van der Waals surface area contributed by atoms with Crippen molar-refractivity contribution < 1.29 is 9.59 Å². The number of hydrogen-bond acceptors (Lipinski definition) is 3. The van der Waals surface area contributed by atoms with E-state index >= 15 is 0 Å². The van der Waals surface area contributed by atoms with Gasteiger partial charge in [-0.2, -0.15) is 0 Å². The number of nitrogens with one attached hydrogen (secondary N) is 1. The summed E-state index contributed by atoms with van der Waals surface area (Å²) in [6, 6.07) is 15.5. The maximum Gasteiger partial charge on any atom is 0.242 e. The van der Waals surface area contributed by atoms with E-state index in [0.717, 1.165) is 22.2 Å². The van der Waals surface area contributed by atoms with E-state index in [0.29, 0.717) is 18.8 Å². The number of halogens is 1. The van der Waals surface area contributed by atoms with Gasteiger partial charge in [-0.15, -0.1) is 11.8 Å². The van der Waals surface area contributed by atoms with Gasteiger partial charge in [-0.3, -0.25) is 9.59 Å². The van der Waals surface area contributed by atoms with Crippen LogP contribution in [-0.2, 0) is 21.9 Å². The zero-order valence-corrected chi connectivity index (χ0v) is 19.7. The first kappa shape index (κ1) is 23.5. The van der Waals surface area contributed by atoms with Gasteiger partial charge in [0.15, 0.2) is 0 Å². The summed E-state index contributed by atoms with van der Waals surface area (Å²) in [7, 11) is 0. The van der Waals surface area contributed by atoms with E-state index in [-0.39, 0.29) is 11.8 Å². The van der Waals surface area contributed by atoms with Crippen molar-refractivity contribution in [2.24, 2.45) is 0 Å². The van der Waals surface area contributed by atoms with E-state index in [9.17, 15) is 9.59 Å². The highest BCUT2D eigenvalue weighted by Gasteiger charge is 2.25. The molecular weight excluding hydrogens is 448 g/mol. The molecule has 2 amide bonds. The van der Waals surface area contributed by atoms with Crippen LogP contribution in [0.4, 0.5) is 0 Å². The van der Waals surface area contributed by atoms with Crippen molar-refractivity contribution in [1.29, 1.82) is 0 Å².